The molecule has 0 atom stereocenters. The smallest absolute Gasteiger partial charge is 0.291 e. The predicted octanol–water partition coefficient (Wildman–Crippen LogP) is 2.28. The molecule has 0 amide bonds. The number of aromatic nitrogens is 3. The zero-order chi connectivity index (χ0) is 16.4. The largest absolute Gasteiger partial charge is 0.489 e. The minimum absolute atomic E-state index is 0.142. The van der Waals surface area contributed by atoms with E-state index in [1.54, 1.807) is 0 Å². The first kappa shape index (κ1) is 14.6. The SMILES string of the molecule is O=c1/c(=C\c2ccc(OCc3ccccc3)cc2)sc2ncnn12. The van der Waals surface area contributed by atoms with E-state index in [0.717, 1.165) is 16.9 Å². The van der Waals surface area contributed by atoms with Crippen molar-refractivity contribution in [1.29, 1.82) is 0 Å². The fourth-order valence-electron chi connectivity index (χ4n) is 2.33. The Morgan fingerprint density at radius 3 is 2.62 bits per heavy atom. The standard InChI is InChI=1S/C18H13N3O2S/c22-17-16(24-18-19-12-20-21(17)18)10-13-6-8-15(9-7-13)23-11-14-4-2-1-3-5-14/h1-10,12H,11H2/b16-10+. The van der Waals surface area contributed by atoms with Crippen molar-refractivity contribution in [3.63, 3.8) is 0 Å². The third-order valence-corrected chi connectivity index (χ3v) is 4.52. The number of thiazole rings is 1. The summed E-state index contributed by atoms with van der Waals surface area (Å²) in [6.45, 7) is 0.530. The normalized spacial score (nSPS) is 11.9. The first-order chi connectivity index (χ1) is 11.8. The van der Waals surface area contributed by atoms with E-state index >= 15 is 0 Å². The van der Waals surface area contributed by atoms with Crippen molar-refractivity contribution in [2.45, 2.75) is 6.61 Å². The molecule has 118 valence electrons. The maximum absolute atomic E-state index is 12.1. The average Bonchev–Trinajstić information content (AvgIpc) is 3.19. The predicted molar refractivity (Wildman–Crippen MR) is 93.1 cm³/mol. The van der Waals surface area contributed by atoms with Crippen molar-refractivity contribution in [1.82, 2.24) is 14.6 Å². The average molecular weight is 335 g/mol. The Kier molecular flexibility index (Phi) is 3.80. The van der Waals surface area contributed by atoms with Gasteiger partial charge in [-0.2, -0.15) is 9.61 Å². The zero-order valence-electron chi connectivity index (χ0n) is 12.6. The van der Waals surface area contributed by atoms with E-state index in [-0.39, 0.29) is 5.56 Å². The van der Waals surface area contributed by atoms with E-state index < -0.39 is 0 Å². The summed E-state index contributed by atoms with van der Waals surface area (Å²) in [6.07, 6.45) is 3.22. The van der Waals surface area contributed by atoms with Crippen LogP contribution in [0.1, 0.15) is 11.1 Å². The molecular formula is C18H13N3O2S. The molecule has 0 N–H and O–H groups in total. The van der Waals surface area contributed by atoms with Crippen LogP contribution in [-0.4, -0.2) is 14.6 Å². The van der Waals surface area contributed by atoms with E-state index in [9.17, 15) is 4.79 Å². The van der Waals surface area contributed by atoms with E-state index in [4.69, 9.17) is 4.74 Å². The Bertz CT molecular complexity index is 1070. The molecule has 0 aliphatic carbocycles. The highest BCUT2D eigenvalue weighted by molar-refractivity contribution is 7.15. The highest BCUT2D eigenvalue weighted by Gasteiger charge is 2.05. The summed E-state index contributed by atoms with van der Waals surface area (Å²) in [5.74, 6) is 0.793. The Labute approximate surface area is 141 Å². The van der Waals surface area contributed by atoms with Crippen LogP contribution in [0.25, 0.3) is 11.0 Å². The topological polar surface area (TPSA) is 56.5 Å². The van der Waals surface area contributed by atoms with E-state index in [2.05, 4.69) is 10.1 Å². The summed E-state index contributed by atoms with van der Waals surface area (Å²) < 4.78 is 7.69. The van der Waals surface area contributed by atoms with Crippen LogP contribution in [0.3, 0.4) is 0 Å². The van der Waals surface area contributed by atoms with E-state index in [1.807, 2.05) is 60.7 Å². The second-order valence-corrected chi connectivity index (χ2v) is 6.22. The molecule has 0 bridgehead atoms. The molecule has 0 fully saturated rings. The molecule has 2 heterocycles. The number of benzene rings is 2. The quantitative estimate of drug-likeness (QED) is 0.574. The summed E-state index contributed by atoms with van der Waals surface area (Å²) in [4.78, 5) is 16.8. The van der Waals surface area contributed by atoms with Gasteiger partial charge in [0.25, 0.3) is 5.56 Å². The molecule has 4 rings (SSSR count). The highest BCUT2D eigenvalue weighted by atomic mass is 32.1. The van der Waals surface area contributed by atoms with Gasteiger partial charge < -0.3 is 4.74 Å². The molecule has 24 heavy (non-hydrogen) atoms. The molecule has 2 aromatic heterocycles. The lowest BCUT2D eigenvalue weighted by molar-refractivity contribution is 0.306. The molecule has 0 radical (unpaired) electrons. The molecule has 5 nitrogen and oxygen atoms in total. The lowest BCUT2D eigenvalue weighted by Crippen LogP contribution is -2.23. The number of ether oxygens (including phenoxy) is 1. The van der Waals surface area contributed by atoms with Crippen LogP contribution in [0.2, 0.25) is 0 Å². The zero-order valence-corrected chi connectivity index (χ0v) is 13.4. The Morgan fingerprint density at radius 2 is 1.88 bits per heavy atom. The fraction of sp³-hybridized carbons (Fsp3) is 0.0556. The van der Waals surface area contributed by atoms with Gasteiger partial charge in [0.05, 0.1) is 4.53 Å². The molecular weight excluding hydrogens is 322 g/mol. The molecule has 0 aliphatic heterocycles. The fourth-order valence-corrected chi connectivity index (χ4v) is 3.21. The maximum atomic E-state index is 12.1. The third kappa shape index (κ3) is 2.91. The first-order valence-electron chi connectivity index (χ1n) is 7.41. The Balaban J connectivity index is 1.53. The number of rotatable bonds is 4. The maximum Gasteiger partial charge on any atom is 0.291 e. The van der Waals surface area contributed by atoms with Crippen LogP contribution in [-0.2, 0) is 6.61 Å². The monoisotopic (exact) mass is 335 g/mol. The molecule has 4 aromatic rings. The van der Waals surface area contributed by atoms with Crippen LogP contribution < -0.4 is 14.8 Å². The second-order valence-electron chi connectivity index (χ2n) is 5.21. The Hall–Kier alpha value is -2.99. The lowest BCUT2D eigenvalue weighted by atomic mass is 10.2. The number of nitrogens with zero attached hydrogens (tertiary/aromatic N) is 3. The van der Waals surface area contributed by atoms with Gasteiger partial charge in [-0.1, -0.05) is 53.8 Å². The van der Waals surface area contributed by atoms with Gasteiger partial charge in [0.1, 0.15) is 18.7 Å². The van der Waals surface area contributed by atoms with Crippen LogP contribution in [0, 0.1) is 0 Å². The van der Waals surface area contributed by atoms with Crippen molar-refractivity contribution in [3.05, 3.63) is 86.9 Å². The molecule has 2 aromatic carbocycles. The van der Waals surface area contributed by atoms with Gasteiger partial charge in [-0.3, -0.25) is 4.79 Å². The van der Waals surface area contributed by atoms with Crippen molar-refractivity contribution < 1.29 is 4.74 Å². The van der Waals surface area contributed by atoms with E-state index in [0.29, 0.717) is 16.1 Å². The summed E-state index contributed by atoms with van der Waals surface area (Å²) >= 11 is 1.33. The van der Waals surface area contributed by atoms with Gasteiger partial charge in [0.2, 0.25) is 4.96 Å². The third-order valence-electron chi connectivity index (χ3n) is 3.55. The number of hydrogen-bond acceptors (Lipinski definition) is 5. The minimum Gasteiger partial charge on any atom is -0.489 e. The molecule has 0 saturated carbocycles. The summed E-state index contributed by atoms with van der Waals surface area (Å²) in [5.41, 5.74) is 1.92. The van der Waals surface area contributed by atoms with Crippen molar-refractivity contribution in [2.24, 2.45) is 0 Å². The van der Waals surface area contributed by atoms with Crippen LogP contribution in [0.15, 0.2) is 65.7 Å². The first-order valence-corrected chi connectivity index (χ1v) is 8.22. The second kappa shape index (κ2) is 6.25. The molecule has 0 saturated heterocycles. The van der Waals surface area contributed by atoms with Gasteiger partial charge in [0, 0.05) is 0 Å². The van der Waals surface area contributed by atoms with Crippen LogP contribution in [0.5, 0.6) is 5.75 Å². The van der Waals surface area contributed by atoms with Gasteiger partial charge in [-0.15, -0.1) is 0 Å². The van der Waals surface area contributed by atoms with E-state index in [1.165, 1.54) is 22.2 Å². The molecule has 0 spiro atoms. The minimum atomic E-state index is -0.142. The van der Waals surface area contributed by atoms with Crippen molar-refractivity contribution in [2.75, 3.05) is 0 Å². The number of fused-ring (bicyclic) bond motifs is 1. The lowest BCUT2D eigenvalue weighted by Gasteiger charge is -2.06. The molecule has 0 aliphatic rings. The van der Waals surface area contributed by atoms with Crippen LogP contribution in [0.4, 0.5) is 0 Å². The molecule has 0 unspecified atom stereocenters. The summed E-state index contributed by atoms with van der Waals surface area (Å²) in [7, 11) is 0. The summed E-state index contributed by atoms with van der Waals surface area (Å²) in [6, 6.07) is 17.7. The Morgan fingerprint density at radius 1 is 1.08 bits per heavy atom. The van der Waals surface area contributed by atoms with Crippen LogP contribution >= 0.6 is 11.3 Å². The highest BCUT2D eigenvalue weighted by Crippen LogP contribution is 2.14. The number of hydrogen-bond donors (Lipinski definition) is 0. The van der Waals surface area contributed by atoms with Gasteiger partial charge in [0.15, 0.2) is 0 Å². The van der Waals surface area contributed by atoms with Gasteiger partial charge in [-0.05, 0) is 29.3 Å². The molecule has 6 heteroatoms. The van der Waals surface area contributed by atoms with Crippen molar-refractivity contribution >= 4 is 22.4 Å². The van der Waals surface area contributed by atoms with Gasteiger partial charge in [-0.25, -0.2) is 4.98 Å². The van der Waals surface area contributed by atoms with Gasteiger partial charge >= 0.3 is 0 Å². The summed E-state index contributed by atoms with van der Waals surface area (Å²) in [5, 5.41) is 3.91. The van der Waals surface area contributed by atoms with Crippen molar-refractivity contribution in [3.8, 4) is 5.75 Å².